The van der Waals surface area contributed by atoms with Crippen LogP contribution in [0.15, 0.2) is 54.9 Å². The summed E-state index contributed by atoms with van der Waals surface area (Å²) in [7, 11) is 0. The summed E-state index contributed by atoms with van der Waals surface area (Å²) in [5, 5.41) is 0. The number of rotatable bonds is 3. The predicted molar refractivity (Wildman–Crippen MR) is 92.2 cm³/mol. The summed E-state index contributed by atoms with van der Waals surface area (Å²) >= 11 is 0. The molecule has 0 saturated carbocycles. The second kappa shape index (κ2) is 6.71. The summed E-state index contributed by atoms with van der Waals surface area (Å²) in [4.78, 5) is 18.7. The summed E-state index contributed by atoms with van der Waals surface area (Å²) in [5.41, 5.74) is 8.88. The van der Waals surface area contributed by atoms with Gasteiger partial charge in [0, 0.05) is 43.5 Å². The molecule has 2 saturated heterocycles. The summed E-state index contributed by atoms with van der Waals surface area (Å²) in [6, 6.07) is 15.0. The van der Waals surface area contributed by atoms with E-state index >= 15 is 0 Å². The molecule has 4 rings (SSSR count). The van der Waals surface area contributed by atoms with Gasteiger partial charge in [-0.3, -0.25) is 20.6 Å². The summed E-state index contributed by atoms with van der Waals surface area (Å²) in [5.74, 6) is 0.520. The summed E-state index contributed by atoms with van der Waals surface area (Å²) < 4.78 is 0. The lowest BCUT2D eigenvalue weighted by Crippen LogP contribution is -2.48. The Labute approximate surface area is 142 Å². The second-order valence-electron chi connectivity index (χ2n) is 6.64. The molecule has 3 atom stereocenters. The number of aromatic nitrogens is 1. The van der Waals surface area contributed by atoms with E-state index in [9.17, 15) is 4.79 Å². The van der Waals surface area contributed by atoms with Gasteiger partial charge in [0.2, 0.25) is 0 Å². The van der Waals surface area contributed by atoms with Gasteiger partial charge in [0.15, 0.2) is 0 Å². The van der Waals surface area contributed by atoms with Crippen molar-refractivity contribution in [1.29, 1.82) is 0 Å². The molecule has 2 aromatic rings. The van der Waals surface area contributed by atoms with Crippen molar-refractivity contribution < 1.29 is 4.79 Å². The van der Waals surface area contributed by atoms with Gasteiger partial charge < -0.3 is 4.90 Å². The Morgan fingerprint density at radius 3 is 2.83 bits per heavy atom. The summed E-state index contributed by atoms with van der Waals surface area (Å²) in [6.45, 7) is 1.58. The molecule has 1 amide bonds. The van der Waals surface area contributed by atoms with Crippen LogP contribution in [0.1, 0.15) is 22.3 Å². The Morgan fingerprint density at radius 2 is 2.04 bits per heavy atom. The van der Waals surface area contributed by atoms with Crippen LogP contribution in [-0.4, -0.2) is 41.0 Å². The van der Waals surface area contributed by atoms with Gasteiger partial charge in [-0.05, 0) is 30.5 Å². The first kappa shape index (κ1) is 15.3. The zero-order valence-corrected chi connectivity index (χ0v) is 13.6. The molecule has 0 bridgehead atoms. The fourth-order valence-corrected chi connectivity index (χ4v) is 3.82. The lowest BCUT2D eigenvalue weighted by Gasteiger charge is -2.36. The molecule has 2 aliphatic heterocycles. The molecule has 3 heterocycles. The van der Waals surface area contributed by atoms with Gasteiger partial charge in [-0.1, -0.05) is 30.3 Å². The van der Waals surface area contributed by atoms with Crippen LogP contribution >= 0.6 is 0 Å². The summed E-state index contributed by atoms with van der Waals surface area (Å²) in [6.07, 6.45) is 5.31. The number of amides is 1. The van der Waals surface area contributed by atoms with Crippen LogP contribution in [0.5, 0.6) is 0 Å². The molecule has 24 heavy (non-hydrogen) atoms. The fourth-order valence-electron chi connectivity index (χ4n) is 3.82. The number of likely N-dealkylation sites (tertiary alicyclic amines) is 1. The maximum atomic E-state index is 12.7. The molecular formula is C19H22N4O. The number of nitrogens with zero attached hydrogens (tertiary/aromatic N) is 2. The van der Waals surface area contributed by atoms with E-state index < -0.39 is 0 Å². The van der Waals surface area contributed by atoms with Crippen molar-refractivity contribution in [2.45, 2.75) is 24.9 Å². The molecule has 5 nitrogen and oxygen atoms in total. The van der Waals surface area contributed by atoms with Crippen molar-refractivity contribution in [2.24, 2.45) is 5.92 Å². The van der Waals surface area contributed by atoms with Gasteiger partial charge in [-0.25, -0.2) is 0 Å². The molecule has 0 aliphatic carbocycles. The van der Waals surface area contributed by atoms with Crippen LogP contribution in [0.25, 0.3) is 0 Å². The number of pyridine rings is 1. The third kappa shape index (κ3) is 3.05. The van der Waals surface area contributed by atoms with Gasteiger partial charge in [0.1, 0.15) is 0 Å². The topological polar surface area (TPSA) is 57.3 Å². The average Bonchev–Trinajstić information content (AvgIpc) is 3.05. The Bertz CT molecular complexity index is 691. The number of fused-ring (bicyclic) bond motifs is 1. The van der Waals surface area contributed by atoms with Crippen LogP contribution in [-0.2, 0) is 6.42 Å². The van der Waals surface area contributed by atoms with E-state index in [1.165, 1.54) is 5.56 Å². The van der Waals surface area contributed by atoms with Crippen LogP contribution in [0.4, 0.5) is 0 Å². The van der Waals surface area contributed by atoms with E-state index in [0.29, 0.717) is 23.6 Å². The Kier molecular flexibility index (Phi) is 4.28. The van der Waals surface area contributed by atoms with E-state index in [1.807, 2.05) is 23.1 Å². The van der Waals surface area contributed by atoms with Gasteiger partial charge in [-0.2, -0.15) is 0 Å². The Hall–Kier alpha value is -2.24. The molecule has 3 unspecified atom stereocenters. The van der Waals surface area contributed by atoms with Crippen LogP contribution in [0.2, 0.25) is 0 Å². The van der Waals surface area contributed by atoms with Crippen molar-refractivity contribution >= 4 is 5.91 Å². The number of hydrazine groups is 1. The number of benzene rings is 1. The maximum absolute atomic E-state index is 12.7. The zero-order valence-electron chi connectivity index (χ0n) is 13.6. The number of nitrogens with one attached hydrogen (secondary N) is 2. The average molecular weight is 322 g/mol. The third-order valence-corrected chi connectivity index (χ3v) is 5.12. The van der Waals surface area contributed by atoms with Crippen LogP contribution in [0, 0.1) is 5.92 Å². The minimum absolute atomic E-state index is 0.0897. The normalized spacial score (nSPS) is 26.2. The molecule has 5 heteroatoms. The Balaban J connectivity index is 1.46. The highest BCUT2D eigenvalue weighted by atomic mass is 16.2. The lowest BCUT2D eigenvalue weighted by atomic mass is 9.85. The van der Waals surface area contributed by atoms with E-state index in [1.54, 1.807) is 12.4 Å². The molecule has 0 spiro atoms. The number of hydrogen-bond acceptors (Lipinski definition) is 4. The van der Waals surface area contributed by atoms with Gasteiger partial charge >= 0.3 is 0 Å². The molecule has 124 valence electrons. The lowest BCUT2D eigenvalue weighted by molar-refractivity contribution is 0.0652. The fraction of sp³-hybridized carbons (Fsp3) is 0.368. The maximum Gasteiger partial charge on any atom is 0.255 e. The number of piperidine rings is 1. The minimum Gasteiger partial charge on any atom is -0.338 e. The monoisotopic (exact) mass is 322 g/mol. The van der Waals surface area contributed by atoms with Crippen LogP contribution in [0.3, 0.4) is 0 Å². The predicted octanol–water partition coefficient (Wildman–Crippen LogP) is 1.63. The molecule has 2 fully saturated rings. The van der Waals surface area contributed by atoms with Gasteiger partial charge in [0.05, 0.1) is 5.56 Å². The minimum atomic E-state index is 0.0897. The molecule has 0 radical (unpaired) electrons. The first-order chi connectivity index (χ1) is 11.8. The zero-order chi connectivity index (χ0) is 16.4. The highest BCUT2D eigenvalue weighted by molar-refractivity contribution is 5.93. The van der Waals surface area contributed by atoms with E-state index in [-0.39, 0.29) is 5.91 Å². The van der Waals surface area contributed by atoms with Crippen molar-refractivity contribution in [2.75, 3.05) is 13.1 Å². The molecular weight excluding hydrogens is 300 g/mol. The third-order valence-electron chi connectivity index (χ3n) is 5.12. The first-order valence-corrected chi connectivity index (χ1v) is 8.55. The number of carbonyl (C=O) groups is 1. The molecule has 2 aliphatic rings. The van der Waals surface area contributed by atoms with Gasteiger partial charge in [0.25, 0.3) is 5.91 Å². The SMILES string of the molecule is O=C(c1cccnc1)N1CCC2NNC(Cc3ccccc3)C2C1. The highest BCUT2D eigenvalue weighted by Crippen LogP contribution is 2.27. The molecule has 1 aromatic heterocycles. The van der Waals surface area contributed by atoms with Crippen molar-refractivity contribution in [3.05, 3.63) is 66.0 Å². The number of hydrogen-bond donors (Lipinski definition) is 2. The highest BCUT2D eigenvalue weighted by Gasteiger charge is 2.40. The second-order valence-corrected chi connectivity index (χ2v) is 6.64. The largest absolute Gasteiger partial charge is 0.338 e. The molecule has 2 N–H and O–H groups in total. The number of carbonyl (C=O) groups excluding carboxylic acids is 1. The van der Waals surface area contributed by atoms with E-state index in [2.05, 4.69) is 40.1 Å². The van der Waals surface area contributed by atoms with Crippen molar-refractivity contribution in [1.82, 2.24) is 20.7 Å². The Morgan fingerprint density at radius 1 is 1.17 bits per heavy atom. The van der Waals surface area contributed by atoms with Crippen molar-refractivity contribution in [3.63, 3.8) is 0 Å². The van der Waals surface area contributed by atoms with Crippen molar-refractivity contribution in [3.8, 4) is 0 Å². The quantitative estimate of drug-likeness (QED) is 0.902. The van der Waals surface area contributed by atoms with E-state index in [4.69, 9.17) is 0 Å². The smallest absolute Gasteiger partial charge is 0.255 e. The van der Waals surface area contributed by atoms with E-state index in [0.717, 1.165) is 25.9 Å². The molecule has 1 aromatic carbocycles. The van der Waals surface area contributed by atoms with Gasteiger partial charge in [-0.15, -0.1) is 0 Å². The van der Waals surface area contributed by atoms with Crippen LogP contribution < -0.4 is 10.9 Å². The standard InChI is InChI=1S/C19H22N4O/c24-19(15-7-4-9-20-12-15)23-10-8-17-16(13-23)18(22-21-17)11-14-5-2-1-3-6-14/h1-7,9,12,16-18,21-22H,8,10-11,13H2. The first-order valence-electron chi connectivity index (χ1n) is 8.55.